The third-order valence-corrected chi connectivity index (χ3v) is 2.71. The van der Waals surface area contributed by atoms with Crippen LogP contribution < -0.4 is 0 Å². The number of carbonyl (C=O) groups excluding carboxylic acids is 1. The molecule has 0 fully saturated rings. The summed E-state index contributed by atoms with van der Waals surface area (Å²) in [6, 6.07) is 7.60. The van der Waals surface area contributed by atoms with Gasteiger partial charge in [-0.1, -0.05) is 30.3 Å². The molecule has 0 unspecified atom stereocenters. The molecule has 2 nitrogen and oxygen atoms in total. The molecule has 0 bridgehead atoms. The summed E-state index contributed by atoms with van der Waals surface area (Å²) in [6.45, 7) is 5.73. The Morgan fingerprint density at radius 2 is 1.76 bits per heavy atom. The second kappa shape index (κ2) is 6.04. The molecule has 1 aromatic rings. The third kappa shape index (κ3) is 3.31. The number of methoxy groups -OCH3 is 1. The van der Waals surface area contributed by atoms with Crippen molar-refractivity contribution >= 4 is 11.4 Å². The molecule has 1 rings (SSSR count). The summed E-state index contributed by atoms with van der Waals surface area (Å²) in [6.07, 6.45) is 3.51. The lowest BCUT2D eigenvalue weighted by Crippen LogP contribution is -2.01. The van der Waals surface area contributed by atoms with Gasteiger partial charge in [-0.2, -0.15) is 0 Å². The quantitative estimate of drug-likeness (QED) is 0.446. The molecule has 0 amide bonds. The lowest BCUT2D eigenvalue weighted by atomic mass is 9.97. The average Bonchev–Trinajstić information content (AvgIpc) is 2.37. The molecule has 0 atom stereocenters. The van der Waals surface area contributed by atoms with E-state index in [-0.39, 0.29) is 5.78 Å². The van der Waals surface area contributed by atoms with E-state index in [1.807, 2.05) is 44.2 Å². The first-order valence-corrected chi connectivity index (χ1v) is 5.59. The average molecular weight is 230 g/mol. The zero-order valence-electron chi connectivity index (χ0n) is 10.8. The van der Waals surface area contributed by atoms with E-state index < -0.39 is 0 Å². The molecule has 0 saturated carbocycles. The summed E-state index contributed by atoms with van der Waals surface area (Å²) in [4.78, 5) is 12.1. The van der Waals surface area contributed by atoms with Gasteiger partial charge >= 0.3 is 0 Å². The summed E-state index contributed by atoms with van der Waals surface area (Å²) < 4.78 is 4.99. The Labute approximate surface area is 103 Å². The van der Waals surface area contributed by atoms with Gasteiger partial charge in [0.2, 0.25) is 0 Å². The van der Waals surface area contributed by atoms with Gasteiger partial charge in [0.05, 0.1) is 12.9 Å². The summed E-state index contributed by atoms with van der Waals surface area (Å²) in [5, 5.41) is 0. The molecular weight excluding hydrogens is 212 g/mol. The topological polar surface area (TPSA) is 26.3 Å². The Hall–Kier alpha value is -1.83. The normalized spacial score (nSPS) is 12.5. The Morgan fingerprint density at radius 3 is 2.29 bits per heavy atom. The van der Waals surface area contributed by atoms with E-state index in [0.717, 1.165) is 11.1 Å². The van der Waals surface area contributed by atoms with Crippen molar-refractivity contribution in [3.8, 4) is 0 Å². The van der Waals surface area contributed by atoms with Crippen LogP contribution in [0.3, 0.4) is 0 Å². The van der Waals surface area contributed by atoms with Gasteiger partial charge in [-0.25, -0.2) is 0 Å². The summed E-state index contributed by atoms with van der Waals surface area (Å²) in [5.41, 5.74) is 2.78. The molecule has 0 spiro atoms. The largest absolute Gasteiger partial charge is 0.501 e. The summed E-state index contributed by atoms with van der Waals surface area (Å²) in [5.74, 6) is 0.587. The van der Waals surface area contributed by atoms with Crippen LogP contribution in [0.4, 0.5) is 0 Å². The van der Waals surface area contributed by atoms with Crippen molar-refractivity contribution in [1.29, 1.82) is 0 Å². The second-order valence-electron chi connectivity index (χ2n) is 3.84. The van der Waals surface area contributed by atoms with Crippen molar-refractivity contribution in [1.82, 2.24) is 0 Å². The van der Waals surface area contributed by atoms with Crippen LogP contribution >= 0.6 is 0 Å². The predicted octanol–water partition coefficient (Wildman–Crippen LogP) is 3.84. The minimum Gasteiger partial charge on any atom is -0.501 e. The molecule has 0 heterocycles. The standard InChI is InChI=1S/C15H18O2/c1-5-11(2)13-8-6-7-9-14(13)15(16)10-12(3)17-4/h5-10H,1-4H3/b11-5+,12-10+. The van der Waals surface area contributed by atoms with Crippen LogP contribution in [0.25, 0.3) is 5.57 Å². The van der Waals surface area contributed by atoms with Gasteiger partial charge in [-0.15, -0.1) is 0 Å². The Bertz CT molecular complexity index is 468. The van der Waals surface area contributed by atoms with E-state index in [0.29, 0.717) is 11.3 Å². The number of rotatable bonds is 4. The molecule has 0 aromatic heterocycles. The zero-order chi connectivity index (χ0) is 12.8. The number of hydrogen-bond acceptors (Lipinski definition) is 2. The third-order valence-electron chi connectivity index (χ3n) is 2.71. The predicted molar refractivity (Wildman–Crippen MR) is 70.9 cm³/mol. The molecule has 0 aliphatic rings. The van der Waals surface area contributed by atoms with E-state index >= 15 is 0 Å². The van der Waals surface area contributed by atoms with Crippen molar-refractivity contribution in [3.63, 3.8) is 0 Å². The zero-order valence-corrected chi connectivity index (χ0v) is 10.8. The van der Waals surface area contributed by atoms with Gasteiger partial charge in [-0.3, -0.25) is 4.79 Å². The van der Waals surface area contributed by atoms with Crippen LogP contribution in [0.5, 0.6) is 0 Å². The first-order valence-electron chi connectivity index (χ1n) is 5.59. The van der Waals surface area contributed by atoms with Crippen LogP contribution in [0.1, 0.15) is 36.7 Å². The number of hydrogen-bond donors (Lipinski definition) is 0. The maximum Gasteiger partial charge on any atom is 0.189 e. The number of ether oxygens (including phenoxy) is 1. The molecule has 0 aliphatic carbocycles. The van der Waals surface area contributed by atoms with E-state index in [9.17, 15) is 4.79 Å². The molecule has 17 heavy (non-hydrogen) atoms. The smallest absolute Gasteiger partial charge is 0.189 e. The van der Waals surface area contributed by atoms with Crippen molar-refractivity contribution in [3.05, 3.63) is 53.3 Å². The molecular formula is C15H18O2. The van der Waals surface area contributed by atoms with E-state index in [4.69, 9.17) is 4.74 Å². The Balaban J connectivity index is 3.19. The fourth-order valence-electron chi connectivity index (χ4n) is 1.52. The maximum absolute atomic E-state index is 12.1. The summed E-state index contributed by atoms with van der Waals surface area (Å²) >= 11 is 0. The van der Waals surface area contributed by atoms with Gasteiger partial charge < -0.3 is 4.74 Å². The van der Waals surface area contributed by atoms with Crippen molar-refractivity contribution < 1.29 is 9.53 Å². The van der Waals surface area contributed by atoms with E-state index in [2.05, 4.69) is 0 Å². The minimum absolute atomic E-state index is 0.0267. The van der Waals surface area contributed by atoms with Crippen LogP contribution in [0.15, 0.2) is 42.2 Å². The maximum atomic E-state index is 12.1. The fourth-order valence-corrected chi connectivity index (χ4v) is 1.52. The molecule has 0 aliphatic heterocycles. The number of carbonyl (C=O) groups is 1. The van der Waals surface area contributed by atoms with Crippen molar-refractivity contribution in [2.75, 3.05) is 7.11 Å². The van der Waals surface area contributed by atoms with Gasteiger partial charge in [0.25, 0.3) is 0 Å². The minimum atomic E-state index is -0.0267. The Kier molecular flexibility index (Phi) is 4.70. The van der Waals surface area contributed by atoms with Crippen LogP contribution in [-0.2, 0) is 4.74 Å². The van der Waals surface area contributed by atoms with Crippen molar-refractivity contribution in [2.45, 2.75) is 20.8 Å². The first kappa shape index (κ1) is 13.2. The number of ketones is 1. The molecule has 0 saturated heterocycles. The van der Waals surface area contributed by atoms with Crippen LogP contribution in [0, 0.1) is 0 Å². The van der Waals surface area contributed by atoms with Crippen LogP contribution in [-0.4, -0.2) is 12.9 Å². The number of allylic oxidation sites excluding steroid dienone is 4. The van der Waals surface area contributed by atoms with Gasteiger partial charge in [0.15, 0.2) is 5.78 Å². The fraction of sp³-hybridized carbons (Fsp3) is 0.267. The van der Waals surface area contributed by atoms with Gasteiger partial charge in [0.1, 0.15) is 0 Å². The Morgan fingerprint density at radius 1 is 1.18 bits per heavy atom. The number of benzene rings is 1. The lowest BCUT2D eigenvalue weighted by Gasteiger charge is -2.07. The molecule has 90 valence electrons. The molecule has 0 N–H and O–H groups in total. The van der Waals surface area contributed by atoms with Crippen molar-refractivity contribution in [2.24, 2.45) is 0 Å². The molecule has 2 heteroatoms. The van der Waals surface area contributed by atoms with Gasteiger partial charge in [0, 0.05) is 11.6 Å². The van der Waals surface area contributed by atoms with Crippen LogP contribution in [0.2, 0.25) is 0 Å². The van der Waals surface area contributed by atoms with E-state index in [1.54, 1.807) is 14.0 Å². The highest BCUT2D eigenvalue weighted by Crippen LogP contribution is 2.19. The van der Waals surface area contributed by atoms with Gasteiger partial charge in [-0.05, 0) is 31.9 Å². The summed E-state index contributed by atoms with van der Waals surface area (Å²) in [7, 11) is 1.56. The second-order valence-corrected chi connectivity index (χ2v) is 3.84. The molecule has 0 radical (unpaired) electrons. The monoisotopic (exact) mass is 230 g/mol. The highest BCUT2D eigenvalue weighted by Gasteiger charge is 2.09. The highest BCUT2D eigenvalue weighted by atomic mass is 16.5. The SMILES string of the molecule is C/C=C(\C)c1ccccc1C(=O)/C=C(\C)OC. The first-order chi connectivity index (χ1) is 8.10. The molecule has 1 aromatic carbocycles. The lowest BCUT2D eigenvalue weighted by molar-refractivity contribution is 0.104. The highest BCUT2D eigenvalue weighted by molar-refractivity contribution is 6.07. The van der Waals surface area contributed by atoms with E-state index in [1.165, 1.54) is 6.08 Å².